The van der Waals surface area contributed by atoms with Crippen LogP contribution in [0.1, 0.15) is 38.8 Å². The summed E-state index contributed by atoms with van der Waals surface area (Å²) in [5, 5.41) is 9.25. The molecule has 18 heavy (non-hydrogen) atoms. The van der Waals surface area contributed by atoms with Gasteiger partial charge in [0.05, 0.1) is 6.04 Å². The molecular weight excluding hydrogens is 226 g/mol. The lowest BCUT2D eigenvalue weighted by Crippen LogP contribution is -2.30. The monoisotopic (exact) mass is 247 g/mol. The smallest absolute Gasteiger partial charge is 0.249 e. The molecule has 0 aromatic heterocycles. The molecule has 0 fully saturated rings. The van der Waals surface area contributed by atoms with Gasteiger partial charge in [-0.05, 0) is 38.0 Å². The highest BCUT2D eigenvalue weighted by Crippen LogP contribution is 2.22. The van der Waals surface area contributed by atoms with Crippen LogP contribution in [0.2, 0.25) is 0 Å². The Bertz CT molecular complexity index is 434. The van der Waals surface area contributed by atoms with Gasteiger partial charge in [-0.25, -0.2) is 0 Å². The summed E-state index contributed by atoms with van der Waals surface area (Å²) in [6.45, 7) is 5.83. The molecule has 1 rings (SSSR count). The maximum Gasteiger partial charge on any atom is 0.249 e. The molecule has 0 radical (unpaired) electrons. The third-order valence-corrected chi connectivity index (χ3v) is 3.12. The van der Waals surface area contributed by atoms with Crippen LogP contribution in [0.25, 0.3) is 0 Å². The van der Waals surface area contributed by atoms with Gasteiger partial charge in [0.25, 0.3) is 0 Å². The molecule has 1 amide bonds. The Kier molecular flexibility index (Phi) is 4.95. The van der Waals surface area contributed by atoms with E-state index in [-0.39, 0.29) is 17.7 Å². The van der Waals surface area contributed by atoms with E-state index in [0.29, 0.717) is 0 Å². The standard InChI is InChI=1S/C15H21NO2/c1-5-6-11(2)15(18)16(4)12(3)13-7-9-14(17)10-8-13/h6-10,12,17H,5H2,1-4H3/b11-6+. The van der Waals surface area contributed by atoms with Crippen LogP contribution in [0.15, 0.2) is 35.9 Å². The zero-order valence-corrected chi connectivity index (χ0v) is 11.5. The third-order valence-electron chi connectivity index (χ3n) is 3.12. The number of allylic oxidation sites excluding steroid dienone is 1. The van der Waals surface area contributed by atoms with E-state index in [1.165, 1.54) is 0 Å². The molecule has 0 aliphatic rings. The van der Waals surface area contributed by atoms with Gasteiger partial charge in [0.2, 0.25) is 5.91 Å². The van der Waals surface area contributed by atoms with E-state index >= 15 is 0 Å². The molecule has 1 unspecified atom stereocenters. The first-order valence-electron chi connectivity index (χ1n) is 6.20. The van der Waals surface area contributed by atoms with Crippen LogP contribution in [-0.4, -0.2) is 23.0 Å². The van der Waals surface area contributed by atoms with Crippen LogP contribution in [0.5, 0.6) is 5.75 Å². The SMILES string of the molecule is CC/C=C(\C)C(=O)N(C)C(C)c1ccc(O)cc1. The molecule has 0 heterocycles. The van der Waals surface area contributed by atoms with E-state index < -0.39 is 0 Å². The van der Waals surface area contributed by atoms with E-state index in [9.17, 15) is 9.90 Å². The highest BCUT2D eigenvalue weighted by molar-refractivity contribution is 5.92. The summed E-state index contributed by atoms with van der Waals surface area (Å²) in [4.78, 5) is 13.8. The maximum absolute atomic E-state index is 12.1. The first-order chi connectivity index (χ1) is 8.47. The van der Waals surface area contributed by atoms with Gasteiger partial charge in [0.1, 0.15) is 5.75 Å². The van der Waals surface area contributed by atoms with E-state index in [2.05, 4.69) is 0 Å². The van der Waals surface area contributed by atoms with Crippen LogP contribution < -0.4 is 0 Å². The molecule has 0 spiro atoms. The first-order valence-corrected chi connectivity index (χ1v) is 6.20. The van der Waals surface area contributed by atoms with E-state index in [4.69, 9.17) is 0 Å². The van der Waals surface area contributed by atoms with Gasteiger partial charge in [-0.1, -0.05) is 25.1 Å². The van der Waals surface area contributed by atoms with Crippen molar-refractivity contribution >= 4 is 5.91 Å². The summed E-state index contributed by atoms with van der Waals surface area (Å²) < 4.78 is 0. The van der Waals surface area contributed by atoms with Gasteiger partial charge in [-0.3, -0.25) is 4.79 Å². The number of likely N-dealkylation sites (N-methyl/N-ethyl adjacent to an activating group) is 1. The lowest BCUT2D eigenvalue weighted by molar-refractivity contribution is -0.127. The van der Waals surface area contributed by atoms with Crippen LogP contribution in [0, 0.1) is 0 Å². The predicted octanol–water partition coefficient (Wildman–Crippen LogP) is 3.27. The zero-order valence-electron chi connectivity index (χ0n) is 11.5. The second-order valence-corrected chi connectivity index (χ2v) is 4.48. The second-order valence-electron chi connectivity index (χ2n) is 4.48. The fourth-order valence-corrected chi connectivity index (χ4v) is 1.82. The highest BCUT2D eigenvalue weighted by atomic mass is 16.3. The van der Waals surface area contributed by atoms with E-state index in [0.717, 1.165) is 17.6 Å². The van der Waals surface area contributed by atoms with Crippen molar-refractivity contribution in [1.29, 1.82) is 0 Å². The van der Waals surface area contributed by atoms with Crippen molar-refractivity contribution in [3.05, 3.63) is 41.5 Å². The summed E-state index contributed by atoms with van der Waals surface area (Å²) in [5.74, 6) is 0.277. The number of hydrogen-bond acceptors (Lipinski definition) is 2. The number of carbonyl (C=O) groups is 1. The minimum absolute atomic E-state index is 0.0155. The first kappa shape index (κ1) is 14.3. The van der Waals surface area contributed by atoms with Crippen molar-refractivity contribution in [3.63, 3.8) is 0 Å². The van der Waals surface area contributed by atoms with Gasteiger partial charge in [-0.2, -0.15) is 0 Å². The fourth-order valence-electron chi connectivity index (χ4n) is 1.82. The van der Waals surface area contributed by atoms with Gasteiger partial charge in [0, 0.05) is 12.6 Å². The maximum atomic E-state index is 12.1. The molecule has 3 heteroatoms. The number of benzene rings is 1. The molecule has 0 bridgehead atoms. The van der Waals surface area contributed by atoms with Crippen molar-refractivity contribution < 1.29 is 9.90 Å². The normalized spacial score (nSPS) is 13.2. The number of amides is 1. The Hall–Kier alpha value is -1.77. The molecule has 1 atom stereocenters. The fraction of sp³-hybridized carbons (Fsp3) is 0.400. The van der Waals surface area contributed by atoms with Gasteiger partial charge < -0.3 is 10.0 Å². The average molecular weight is 247 g/mol. The number of rotatable bonds is 4. The average Bonchev–Trinajstić information content (AvgIpc) is 2.37. The van der Waals surface area contributed by atoms with E-state index in [1.54, 1.807) is 24.1 Å². The molecule has 1 aromatic rings. The Balaban J connectivity index is 2.83. The number of carbonyl (C=O) groups excluding carboxylic acids is 1. The molecule has 98 valence electrons. The number of phenols is 1. The van der Waals surface area contributed by atoms with Crippen LogP contribution in [-0.2, 0) is 4.79 Å². The second kappa shape index (κ2) is 6.24. The van der Waals surface area contributed by atoms with Gasteiger partial charge >= 0.3 is 0 Å². The molecule has 1 N–H and O–H groups in total. The van der Waals surface area contributed by atoms with Crippen molar-refractivity contribution in [2.24, 2.45) is 0 Å². The molecule has 1 aromatic carbocycles. The lowest BCUT2D eigenvalue weighted by atomic mass is 10.1. The molecule has 3 nitrogen and oxygen atoms in total. The van der Waals surface area contributed by atoms with E-state index in [1.807, 2.05) is 39.0 Å². The van der Waals surface area contributed by atoms with Crippen molar-refractivity contribution in [2.45, 2.75) is 33.2 Å². The van der Waals surface area contributed by atoms with Crippen LogP contribution >= 0.6 is 0 Å². The Morgan fingerprint density at radius 3 is 2.44 bits per heavy atom. The van der Waals surface area contributed by atoms with Crippen LogP contribution in [0.4, 0.5) is 0 Å². The summed E-state index contributed by atoms with van der Waals surface area (Å²) in [7, 11) is 1.80. The number of nitrogens with zero attached hydrogens (tertiary/aromatic N) is 1. The summed E-state index contributed by atoms with van der Waals surface area (Å²) in [6.07, 6.45) is 2.79. The minimum Gasteiger partial charge on any atom is -0.508 e. The largest absolute Gasteiger partial charge is 0.508 e. The molecule has 0 saturated carbocycles. The Morgan fingerprint density at radius 1 is 1.39 bits per heavy atom. The Labute approximate surface area is 109 Å². The van der Waals surface area contributed by atoms with Gasteiger partial charge in [-0.15, -0.1) is 0 Å². The van der Waals surface area contributed by atoms with Crippen molar-refractivity contribution in [1.82, 2.24) is 4.90 Å². The Morgan fingerprint density at radius 2 is 1.94 bits per heavy atom. The third kappa shape index (κ3) is 3.36. The number of aromatic hydroxyl groups is 1. The molecule has 0 aliphatic carbocycles. The summed E-state index contributed by atoms with van der Waals surface area (Å²) in [6, 6.07) is 6.93. The summed E-state index contributed by atoms with van der Waals surface area (Å²) >= 11 is 0. The lowest BCUT2D eigenvalue weighted by Gasteiger charge is -2.25. The minimum atomic E-state index is -0.0155. The van der Waals surface area contributed by atoms with Gasteiger partial charge in [0.15, 0.2) is 0 Å². The molecular formula is C15H21NO2. The highest BCUT2D eigenvalue weighted by Gasteiger charge is 2.18. The zero-order chi connectivity index (χ0) is 13.7. The number of hydrogen-bond donors (Lipinski definition) is 1. The summed E-state index contributed by atoms with van der Waals surface area (Å²) in [5.41, 5.74) is 1.78. The predicted molar refractivity (Wildman–Crippen MR) is 73.3 cm³/mol. The molecule has 0 aliphatic heterocycles. The van der Waals surface area contributed by atoms with Crippen LogP contribution in [0.3, 0.4) is 0 Å². The van der Waals surface area contributed by atoms with Crippen molar-refractivity contribution in [2.75, 3.05) is 7.05 Å². The number of phenolic OH excluding ortho intramolecular Hbond substituents is 1. The van der Waals surface area contributed by atoms with Crippen molar-refractivity contribution in [3.8, 4) is 5.75 Å². The quantitative estimate of drug-likeness (QED) is 0.829. The molecule has 0 saturated heterocycles. The topological polar surface area (TPSA) is 40.5 Å².